The Labute approximate surface area is 131 Å². The molecule has 2 aliphatic carbocycles. The van der Waals surface area contributed by atoms with Crippen LogP contribution in [0.25, 0.3) is 6.08 Å². The first-order valence-electron chi connectivity index (χ1n) is 8.25. The molecule has 1 amide bonds. The average molecular weight is 303 g/mol. The van der Waals surface area contributed by atoms with Gasteiger partial charge in [0.05, 0.1) is 6.10 Å². The lowest BCUT2D eigenvalue weighted by Crippen LogP contribution is -2.33. The second-order valence-electron chi connectivity index (χ2n) is 6.87. The quantitative estimate of drug-likeness (QED) is 0.851. The van der Waals surface area contributed by atoms with E-state index in [0.717, 1.165) is 30.8 Å². The minimum Gasteiger partial charge on any atom is -0.461 e. The molecule has 0 saturated heterocycles. The lowest BCUT2D eigenvalue weighted by atomic mass is 10.1. The summed E-state index contributed by atoms with van der Waals surface area (Å²) >= 11 is 0. The van der Waals surface area contributed by atoms with Gasteiger partial charge in [0, 0.05) is 31.5 Å². The number of carbonyl (C=O) groups excluding carboxylic acids is 1. The topological polar surface area (TPSA) is 53.7 Å². The van der Waals surface area contributed by atoms with Crippen molar-refractivity contribution in [1.29, 1.82) is 0 Å². The Balaban J connectivity index is 1.52. The number of carbonyl (C=O) groups is 1. The molecular formula is C18H25NO3. The van der Waals surface area contributed by atoms with Gasteiger partial charge in [-0.1, -0.05) is 13.3 Å². The van der Waals surface area contributed by atoms with Gasteiger partial charge in [-0.2, -0.15) is 0 Å². The van der Waals surface area contributed by atoms with Gasteiger partial charge in [0.25, 0.3) is 0 Å². The first-order valence-corrected chi connectivity index (χ1v) is 8.25. The predicted molar refractivity (Wildman–Crippen MR) is 85.2 cm³/mol. The number of hydrogen-bond donors (Lipinski definition) is 1. The molecule has 2 fully saturated rings. The Kier molecular flexibility index (Phi) is 4.39. The lowest BCUT2D eigenvalue weighted by Gasteiger charge is -2.22. The molecule has 2 saturated carbocycles. The molecular weight excluding hydrogens is 278 g/mol. The zero-order chi connectivity index (χ0) is 15.7. The molecule has 22 heavy (non-hydrogen) atoms. The van der Waals surface area contributed by atoms with Crippen LogP contribution < -0.4 is 0 Å². The minimum absolute atomic E-state index is 0.0446. The zero-order valence-electron chi connectivity index (χ0n) is 13.4. The summed E-state index contributed by atoms with van der Waals surface area (Å²) in [4.78, 5) is 13.8. The predicted octanol–water partition coefficient (Wildman–Crippen LogP) is 3.04. The van der Waals surface area contributed by atoms with Gasteiger partial charge in [0.2, 0.25) is 5.91 Å². The van der Waals surface area contributed by atoms with Crippen LogP contribution >= 0.6 is 0 Å². The van der Waals surface area contributed by atoms with E-state index in [1.54, 1.807) is 24.1 Å². The molecule has 1 aromatic heterocycles. The van der Waals surface area contributed by atoms with Crippen molar-refractivity contribution in [2.24, 2.45) is 11.8 Å². The number of hydrogen-bond acceptors (Lipinski definition) is 3. The number of nitrogens with zero attached hydrogens (tertiary/aromatic N) is 1. The molecule has 1 aromatic rings. The van der Waals surface area contributed by atoms with E-state index in [2.05, 4.69) is 6.92 Å². The third kappa shape index (κ3) is 3.43. The molecule has 0 bridgehead atoms. The van der Waals surface area contributed by atoms with E-state index in [1.807, 2.05) is 12.1 Å². The van der Waals surface area contributed by atoms with Gasteiger partial charge in [-0.05, 0) is 43.4 Å². The van der Waals surface area contributed by atoms with Crippen LogP contribution in [0.3, 0.4) is 0 Å². The largest absolute Gasteiger partial charge is 0.461 e. The lowest BCUT2D eigenvalue weighted by molar-refractivity contribution is -0.125. The Morgan fingerprint density at radius 3 is 2.86 bits per heavy atom. The monoisotopic (exact) mass is 303 g/mol. The molecule has 4 unspecified atom stereocenters. The number of aliphatic hydroxyl groups excluding tert-OH is 1. The van der Waals surface area contributed by atoms with Gasteiger partial charge in [0.1, 0.15) is 11.5 Å². The molecule has 3 rings (SSSR count). The highest BCUT2D eigenvalue weighted by Gasteiger charge is 2.36. The van der Waals surface area contributed by atoms with E-state index in [9.17, 15) is 9.90 Å². The maximum absolute atomic E-state index is 12.1. The number of aliphatic hydroxyl groups is 1. The van der Waals surface area contributed by atoms with Crippen LogP contribution in [0.4, 0.5) is 0 Å². The van der Waals surface area contributed by atoms with Gasteiger partial charge < -0.3 is 14.4 Å². The Bertz CT molecular complexity index is 562. The smallest absolute Gasteiger partial charge is 0.246 e. The molecule has 4 nitrogen and oxygen atoms in total. The third-order valence-electron chi connectivity index (χ3n) is 5.02. The Morgan fingerprint density at radius 1 is 1.45 bits per heavy atom. The summed E-state index contributed by atoms with van der Waals surface area (Å²) in [6, 6.07) is 3.93. The van der Waals surface area contributed by atoms with Crippen LogP contribution in [0.2, 0.25) is 0 Å². The fraction of sp³-hybridized carbons (Fsp3) is 0.611. The first-order chi connectivity index (χ1) is 10.5. The van der Waals surface area contributed by atoms with Crippen LogP contribution in [0, 0.1) is 11.8 Å². The average Bonchev–Trinajstić information content (AvgIpc) is 2.89. The maximum Gasteiger partial charge on any atom is 0.246 e. The van der Waals surface area contributed by atoms with Crippen LogP contribution in [0.1, 0.15) is 50.0 Å². The van der Waals surface area contributed by atoms with Crippen molar-refractivity contribution in [3.8, 4) is 0 Å². The molecule has 1 N–H and O–H groups in total. The summed E-state index contributed by atoms with van der Waals surface area (Å²) in [5, 5.41) is 9.84. The molecule has 120 valence electrons. The summed E-state index contributed by atoms with van der Waals surface area (Å²) in [7, 11) is 1.79. The normalized spacial score (nSPS) is 30.9. The second-order valence-corrected chi connectivity index (χ2v) is 6.87. The Hall–Kier alpha value is -1.55. The van der Waals surface area contributed by atoms with Gasteiger partial charge in [-0.3, -0.25) is 4.79 Å². The summed E-state index contributed by atoms with van der Waals surface area (Å²) in [6.07, 6.45) is 7.15. The van der Waals surface area contributed by atoms with Gasteiger partial charge in [-0.15, -0.1) is 0 Å². The summed E-state index contributed by atoms with van der Waals surface area (Å²) in [5.41, 5.74) is 0. The third-order valence-corrected chi connectivity index (χ3v) is 5.02. The van der Waals surface area contributed by atoms with Crippen LogP contribution in [-0.2, 0) is 4.79 Å². The summed E-state index contributed by atoms with van der Waals surface area (Å²) in [5.74, 6) is 3.21. The SMILES string of the molecule is CC1CC1c1ccc(/C=C/C(=O)N(C)CC2CCCC2O)o1. The minimum atomic E-state index is -0.257. The molecule has 4 heteroatoms. The zero-order valence-corrected chi connectivity index (χ0v) is 13.4. The van der Waals surface area contributed by atoms with E-state index in [0.29, 0.717) is 18.4 Å². The number of furan rings is 1. The second kappa shape index (κ2) is 6.29. The fourth-order valence-corrected chi connectivity index (χ4v) is 3.33. The molecule has 1 heterocycles. The molecule has 0 aromatic carbocycles. The highest BCUT2D eigenvalue weighted by atomic mass is 16.3. The molecule has 4 atom stereocenters. The standard InChI is InChI=1S/C18H25NO3/c1-12-10-15(12)17-8-6-14(22-17)7-9-18(21)19(2)11-13-4-3-5-16(13)20/h6-9,12-13,15-16,20H,3-5,10-11H2,1-2H3/b9-7+. The Morgan fingerprint density at radius 2 is 2.23 bits per heavy atom. The molecule has 0 aliphatic heterocycles. The van der Waals surface area contributed by atoms with Crippen LogP contribution in [0.5, 0.6) is 0 Å². The highest BCUT2D eigenvalue weighted by molar-refractivity contribution is 5.91. The van der Waals surface area contributed by atoms with Crippen molar-refractivity contribution in [2.75, 3.05) is 13.6 Å². The van der Waals surface area contributed by atoms with Crippen molar-refractivity contribution in [2.45, 2.75) is 44.6 Å². The maximum atomic E-state index is 12.1. The van der Waals surface area contributed by atoms with Crippen LogP contribution in [0.15, 0.2) is 22.6 Å². The summed E-state index contributed by atoms with van der Waals surface area (Å²) < 4.78 is 5.76. The van der Waals surface area contributed by atoms with Crippen molar-refractivity contribution in [3.05, 3.63) is 29.7 Å². The fourth-order valence-electron chi connectivity index (χ4n) is 3.33. The number of rotatable bonds is 5. The van der Waals surface area contributed by atoms with E-state index < -0.39 is 0 Å². The van der Waals surface area contributed by atoms with Crippen molar-refractivity contribution in [3.63, 3.8) is 0 Å². The summed E-state index contributed by atoms with van der Waals surface area (Å²) in [6.45, 7) is 2.84. The van der Waals surface area contributed by atoms with Crippen molar-refractivity contribution >= 4 is 12.0 Å². The number of likely N-dealkylation sites (N-methyl/N-ethyl adjacent to an activating group) is 1. The van der Waals surface area contributed by atoms with Crippen LogP contribution in [-0.4, -0.2) is 35.6 Å². The molecule has 0 spiro atoms. The van der Waals surface area contributed by atoms with E-state index in [-0.39, 0.29) is 17.9 Å². The van der Waals surface area contributed by atoms with Gasteiger partial charge >= 0.3 is 0 Å². The molecule has 2 aliphatic rings. The van der Waals surface area contributed by atoms with Crippen molar-refractivity contribution < 1.29 is 14.3 Å². The highest BCUT2D eigenvalue weighted by Crippen LogP contribution is 2.47. The molecule has 0 radical (unpaired) electrons. The van der Waals surface area contributed by atoms with E-state index in [1.165, 1.54) is 6.42 Å². The van der Waals surface area contributed by atoms with E-state index >= 15 is 0 Å². The number of amides is 1. The van der Waals surface area contributed by atoms with Gasteiger partial charge in [-0.25, -0.2) is 0 Å². The first kappa shape index (κ1) is 15.3. The van der Waals surface area contributed by atoms with Crippen molar-refractivity contribution in [1.82, 2.24) is 4.90 Å². The van der Waals surface area contributed by atoms with E-state index in [4.69, 9.17) is 4.42 Å². The van der Waals surface area contributed by atoms with Gasteiger partial charge in [0.15, 0.2) is 0 Å².